The van der Waals surface area contributed by atoms with Crippen LogP contribution >= 0.6 is 11.6 Å². The predicted molar refractivity (Wildman–Crippen MR) is 155 cm³/mol. The number of fused-ring (bicyclic) bond motifs is 4. The monoisotopic (exact) mass is 663 g/mol. The number of carbonyl (C=O) groups excluding carboxylic acids is 2. The summed E-state index contributed by atoms with van der Waals surface area (Å²) >= 11 is 6.26. The highest BCUT2D eigenvalue weighted by Gasteiger charge is 2.37. The molecule has 46 heavy (non-hydrogen) atoms. The molecule has 1 aromatic carbocycles. The molecule has 0 aliphatic carbocycles. The summed E-state index contributed by atoms with van der Waals surface area (Å²) in [6, 6.07) is 6.50. The Balaban J connectivity index is 1.32. The van der Waals surface area contributed by atoms with E-state index >= 15 is 0 Å². The Morgan fingerprint density at radius 3 is 2.63 bits per heavy atom. The van der Waals surface area contributed by atoms with Crippen LogP contribution in [0.5, 0.6) is 0 Å². The first-order valence-corrected chi connectivity index (χ1v) is 14.7. The molecule has 2 amide bonds. The highest BCUT2D eigenvalue weighted by molar-refractivity contribution is 6.30. The zero-order valence-corrected chi connectivity index (χ0v) is 24.9. The standard InChI is InChI=1S/C29H27ClF5N9O2/c1-15-3-2-4-23(20-9-16(7-8-36-20)26-21(39-27(15)46)12-38-44(26)28(31)32)42-14-37-19(11-25(42)45)18-10-17(30)5-6-22(18)43-13-24(40-41-43)29(33,34)35/h5-10,12-13,15,19,23,28,37H,2-4,11,14H2,1H3,(H,39,46)/t15-,19?,23+/m1/s1. The maximum Gasteiger partial charge on any atom is 0.436 e. The molecule has 5 heterocycles. The van der Waals surface area contributed by atoms with Gasteiger partial charge in [0.05, 0.1) is 47.9 Å². The summed E-state index contributed by atoms with van der Waals surface area (Å²) in [5.41, 5.74) is 0.496. The zero-order chi connectivity index (χ0) is 32.7. The Bertz CT molecular complexity index is 1780. The fourth-order valence-electron chi connectivity index (χ4n) is 5.82. The summed E-state index contributed by atoms with van der Waals surface area (Å²) in [6.07, 6.45) is 0.0687. The fourth-order valence-corrected chi connectivity index (χ4v) is 6.00. The van der Waals surface area contributed by atoms with E-state index in [4.69, 9.17) is 11.6 Å². The number of alkyl halides is 5. The van der Waals surface area contributed by atoms with Gasteiger partial charge in [0.15, 0.2) is 5.69 Å². The number of hydrogen-bond donors (Lipinski definition) is 2. The lowest BCUT2D eigenvalue weighted by molar-refractivity contribution is -0.141. The molecule has 17 heteroatoms. The van der Waals surface area contributed by atoms with Crippen molar-refractivity contribution in [2.75, 3.05) is 12.0 Å². The third kappa shape index (κ3) is 6.18. The molecule has 2 N–H and O–H groups in total. The Morgan fingerprint density at radius 1 is 1.11 bits per heavy atom. The molecule has 1 fully saturated rings. The first kappa shape index (κ1) is 31.5. The number of carbonyl (C=O) groups is 2. The number of nitrogens with one attached hydrogen (secondary N) is 2. The second-order valence-electron chi connectivity index (χ2n) is 11.2. The topological polar surface area (TPSA) is 123 Å². The average molecular weight is 664 g/mol. The summed E-state index contributed by atoms with van der Waals surface area (Å²) < 4.78 is 69.0. The van der Waals surface area contributed by atoms with Gasteiger partial charge in [-0.25, -0.2) is 9.36 Å². The predicted octanol–water partition coefficient (Wildman–Crippen LogP) is 5.91. The largest absolute Gasteiger partial charge is 0.436 e. The van der Waals surface area contributed by atoms with Crippen LogP contribution in [0.2, 0.25) is 5.02 Å². The molecular weight excluding hydrogens is 637 g/mol. The molecular formula is C29H27ClF5N9O2. The van der Waals surface area contributed by atoms with Gasteiger partial charge in [-0.3, -0.25) is 19.9 Å². The Labute approximate surface area is 263 Å². The summed E-state index contributed by atoms with van der Waals surface area (Å²) in [5, 5.41) is 17.0. The molecule has 0 saturated carbocycles. The Kier molecular flexibility index (Phi) is 8.50. The van der Waals surface area contributed by atoms with E-state index in [0.29, 0.717) is 45.8 Å². The molecule has 2 aliphatic rings. The second kappa shape index (κ2) is 12.4. The van der Waals surface area contributed by atoms with E-state index in [9.17, 15) is 31.5 Å². The van der Waals surface area contributed by atoms with Crippen molar-refractivity contribution in [2.24, 2.45) is 5.92 Å². The van der Waals surface area contributed by atoms with Gasteiger partial charge in [-0.2, -0.15) is 27.1 Å². The lowest BCUT2D eigenvalue weighted by Crippen LogP contribution is -2.49. The van der Waals surface area contributed by atoms with Crippen molar-refractivity contribution in [3.05, 3.63) is 70.9 Å². The van der Waals surface area contributed by atoms with Gasteiger partial charge in [-0.05, 0) is 48.7 Å². The van der Waals surface area contributed by atoms with Crippen molar-refractivity contribution in [1.82, 2.24) is 40.0 Å². The molecule has 1 unspecified atom stereocenters. The van der Waals surface area contributed by atoms with E-state index in [0.717, 1.165) is 10.9 Å². The molecule has 1 saturated heterocycles. The minimum Gasteiger partial charge on any atom is -0.323 e. The van der Waals surface area contributed by atoms with Crippen LogP contribution in [-0.4, -0.2) is 53.1 Å². The van der Waals surface area contributed by atoms with E-state index in [-0.39, 0.29) is 42.0 Å². The fraction of sp³-hybridized carbons (Fsp3) is 0.379. The summed E-state index contributed by atoms with van der Waals surface area (Å²) in [6.45, 7) is -1.21. The molecule has 11 nitrogen and oxygen atoms in total. The van der Waals surface area contributed by atoms with Crippen LogP contribution in [0.15, 0.2) is 48.9 Å². The van der Waals surface area contributed by atoms with Crippen molar-refractivity contribution in [2.45, 2.75) is 57.4 Å². The van der Waals surface area contributed by atoms with Crippen LogP contribution in [0.1, 0.15) is 68.2 Å². The van der Waals surface area contributed by atoms with E-state index in [1.165, 1.54) is 30.6 Å². The number of amides is 2. The van der Waals surface area contributed by atoms with Crippen LogP contribution in [0.3, 0.4) is 0 Å². The van der Waals surface area contributed by atoms with Crippen molar-refractivity contribution in [1.29, 1.82) is 0 Å². The van der Waals surface area contributed by atoms with Crippen LogP contribution in [0.4, 0.5) is 27.6 Å². The zero-order valence-electron chi connectivity index (χ0n) is 24.2. The minimum absolute atomic E-state index is 0.0111. The van der Waals surface area contributed by atoms with Gasteiger partial charge in [0.1, 0.15) is 0 Å². The highest BCUT2D eigenvalue weighted by atomic mass is 35.5. The van der Waals surface area contributed by atoms with Crippen molar-refractivity contribution in [3.63, 3.8) is 0 Å². The molecule has 6 rings (SSSR count). The van der Waals surface area contributed by atoms with Crippen LogP contribution < -0.4 is 10.6 Å². The normalized spacial score (nSPS) is 21.0. The van der Waals surface area contributed by atoms with Gasteiger partial charge >= 0.3 is 12.7 Å². The molecule has 3 aromatic heterocycles. The van der Waals surface area contributed by atoms with Gasteiger partial charge in [0, 0.05) is 35.2 Å². The van der Waals surface area contributed by atoms with Crippen molar-refractivity contribution < 1.29 is 31.5 Å². The molecule has 0 radical (unpaired) electrons. The first-order chi connectivity index (χ1) is 21.9. The van der Waals surface area contributed by atoms with E-state index in [1.54, 1.807) is 24.0 Å². The van der Waals surface area contributed by atoms with Gasteiger partial charge in [-0.1, -0.05) is 30.2 Å². The number of halogens is 6. The molecule has 2 aliphatic heterocycles. The lowest BCUT2D eigenvalue weighted by Gasteiger charge is -2.39. The van der Waals surface area contributed by atoms with Crippen molar-refractivity contribution in [3.8, 4) is 16.9 Å². The molecule has 3 atom stereocenters. The SMILES string of the molecule is C[C@@H]1CCC[C@H](N2CNC(c3cc(Cl)ccc3-n3cc(C(F)(F)F)nn3)CC2=O)c2cc(ccn2)-c2c(cnn2C(F)F)NC1=O. The van der Waals surface area contributed by atoms with E-state index in [2.05, 4.69) is 31.0 Å². The first-order valence-electron chi connectivity index (χ1n) is 14.4. The number of rotatable bonds is 4. The third-order valence-corrected chi connectivity index (χ3v) is 8.41. The van der Waals surface area contributed by atoms with Crippen molar-refractivity contribution >= 4 is 29.1 Å². The Hall–Kier alpha value is -4.44. The average Bonchev–Trinajstić information content (AvgIpc) is 3.67. The quantitative estimate of drug-likeness (QED) is 0.260. The smallest absolute Gasteiger partial charge is 0.323 e. The highest BCUT2D eigenvalue weighted by Crippen LogP contribution is 2.38. The molecule has 0 spiro atoms. The van der Waals surface area contributed by atoms with Gasteiger partial charge in [0.25, 0.3) is 0 Å². The number of nitrogens with zero attached hydrogens (tertiary/aromatic N) is 7. The Morgan fingerprint density at radius 2 is 1.91 bits per heavy atom. The van der Waals surface area contributed by atoms with E-state index < -0.39 is 36.4 Å². The summed E-state index contributed by atoms with van der Waals surface area (Å²) in [5.74, 6) is -1.07. The summed E-state index contributed by atoms with van der Waals surface area (Å²) in [7, 11) is 0. The molecule has 242 valence electrons. The maximum atomic E-state index is 13.9. The number of hydrogen-bond acceptors (Lipinski definition) is 7. The number of aromatic nitrogens is 6. The third-order valence-electron chi connectivity index (χ3n) is 8.18. The summed E-state index contributed by atoms with van der Waals surface area (Å²) in [4.78, 5) is 32.8. The van der Waals surface area contributed by atoms with Crippen LogP contribution in [0.25, 0.3) is 16.9 Å². The minimum atomic E-state index is -4.69. The van der Waals surface area contributed by atoms with Gasteiger partial charge in [-0.15, -0.1) is 5.10 Å². The second-order valence-corrected chi connectivity index (χ2v) is 11.6. The van der Waals surface area contributed by atoms with Gasteiger partial charge in [0.2, 0.25) is 11.8 Å². The molecule has 2 bridgehead atoms. The van der Waals surface area contributed by atoms with Gasteiger partial charge < -0.3 is 10.2 Å². The number of pyridine rings is 1. The van der Waals surface area contributed by atoms with E-state index in [1.807, 2.05) is 0 Å². The lowest BCUT2D eigenvalue weighted by atomic mass is 9.94. The van der Waals surface area contributed by atoms with Crippen LogP contribution in [-0.2, 0) is 15.8 Å². The molecule has 4 aromatic rings. The van der Waals surface area contributed by atoms with Crippen LogP contribution in [0, 0.1) is 5.92 Å². The maximum absolute atomic E-state index is 13.9. The number of anilines is 1. The number of benzene rings is 1.